The largest absolute Gasteiger partial charge is 0.464 e. The fourth-order valence-electron chi connectivity index (χ4n) is 4.01. The zero-order chi connectivity index (χ0) is 19.1. The first-order valence-electron chi connectivity index (χ1n) is 9.63. The van der Waals surface area contributed by atoms with E-state index in [1.54, 1.807) is 0 Å². The molecular weight excluding hydrogens is 328 g/mol. The molecule has 3 N–H and O–H groups in total. The predicted octanol–water partition coefficient (Wildman–Crippen LogP) is 3.05. The number of amides is 1. The van der Waals surface area contributed by atoms with E-state index in [4.69, 9.17) is 10.5 Å². The number of nitrogens with one attached hydrogen (secondary N) is 1. The van der Waals surface area contributed by atoms with Crippen LogP contribution in [0.1, 0.15) is 51.6 Å². The molecule has 1 aromatic rings. The zero-order valence-electron chi connectivity index (χ0n) is 16.1. The third kappa shape index (κ3) is 5.56. The second kappa shape index (κ2) is 9.72. The van der Waals surface area contributed by atoms with Crippen molar-refractivity contribution in [1.29, 1.82) is 0 Å². The molecule has 0 spiro atoms. The Labute approximate surface area is 156 Å². The van der Waals surface area contributed by atoms with Gasteiger partial charge in [-0.15, -0.1) is 0 Å². The Balaban J connectivity index is 2.05. The molecule has 26 heavy (non-hydrogen) atoms. The van der Waals surface area contributed by atoms with E-state index in [0.29, 0.717) is 35.8 Å². The normalized spacial score (nSPS) is 24.1. The Hall–Kier alpha value is -1.88. The van der Waals surface area contributed by atoms with E-state index in [-0.39, 0.29) is 12.5 Å². The molecule has 1 aromatic carbocycles. The van der Waals surface area contributed by atoms with E-state index in [0.717, 1.165) is 6.42 Å². The number of rotatable bonds is 7. The van der Waals surface area contributed by atoms with Gasteiger partial charge in [-0.2, -0.15) is 0 Å². The summed E-state index contributed by atoms with van der Waals surface area (Å²) in [5.41, 5.74) is 6.10. The number of benzene rings is 1. The minimum absolute atomic E-state index is 0.161. The van der Waals surface area contributed by atoms with Gasteiger partial charge < -0.3 is 15.8 Å². The van der Waals surface area contributed by atoms with Gasteiger partial charge in [0.2, 0.25) is 5.91 Å². The highest BCUT2D eigenvalue weighted by Gasteiger charge is 2.32. The molecule has 144 valence electrons. The molecule has 5 nitrogen and oxygen atoms in total. The van der Waals surface area contributed by atoms with Gasteiger partial charge >= 0.3 is 5.97 Å². The molecular formula is C21H32N2O3. The summed E-state index contributed by atoms with van der Waals surface area (Å²) in [4.78, 5) is 24.5. The highest BCUT2D eigenvalue weighted by molar-refractivity contribution is 5.86. The molecule has 0 heterocycles. The molecule has 1 unspecified atom stereocenters. The zero-order valence-corrected chi connectivity index (χ0v) is 16.1. The van der Waals surface area contributed by atoms with Crippen LogP contribution in [0.2, 0.25) is 0 Å². The molecule has 2 rings (SSSR count). The van der Waals surface area contributed by atoms with Crippen LogP contribution >= 0.6 is 0 Å². The lowest BCUT2D eigenvalue weighted by Crippen LogP contribution is -2.39. The van der Waals surface area contributed by atoms with Crippen molar-refractivity contribution in [1.82, 2.24) is 5.32 Å². The summed E-state index contributed by atoms with van der Waals surface area (Å²) in [6.07, 6.45) is 3.51. The minimum Gasteiger partial charge on any atom is -0.464 e. The summed E-state index contributed by atoms with van der Waals surface area (Å²) < 4.78 is 5.68. The number of carbonyl (C=O) groups excluding carboxylic acids is 2. The maximum atomic E-state index is 12.7. The van der Waals surface area contributed by atoms with E-state index in [2.05, 4.69) is 26.1 Å². The van der Waals surface area contributed by atoms with Gasteiger partial charge in [0.25, 0.3) is 0 Å². The van der Waals surface area contributed by atoms with E-state index >= 15 is 0 Å². The quantitative estimate of drug-likeness (QED) is 0.732. The number of hydrogen-bond acceptors (Lipinski definition) is 4. The first-order valence-corrected chi connectivity index (χ1v) is 9.63. The first kappa shape index (κ1) is 20.4. The fraction of sp³-hybridized carbons (Fsp3) is 0.619. The average molecular weight is 360 g/mol. The first-order chi connectivity index (χ1) is 12.4. The number of esters is 1. The summed E-state index contributed by atoms with van der Waals surface area (Å²) >= 11 is 0. The summed E-state index contributed by atoms with van der Waals surface area (Å²) in [7, 11) is 0. The molecule has 1 aliphatic carbocycles. The van der Waals surface area contributed by atoms with Crippen LogP contribution in [0.3, 0.4) is 0 Å². The lowest BCUT2D eigenvalue weighted by Gasteiger charge is -2.37. The highest BCUT2D eigenvalue weighted by Crippen LogP contribution is 2.38. The lowest BCUT2D eigenvalue weighted by atomic mass is 9.70. The topological polar surface area (TPSA) is 81.4 Å². The Morgan fingerprint density at radius 2 is 1.92 bits per heavy atom. The van der Waals surface area contributed by atoms with Crippen molar-refractivity contribution in [3.63, 3.8) is 0 Å². The second-order valence-corrected chi connectivity index (χ2v) is 7.83. The second-order valence-electron chi connectivity index (χ2n) is 7.83. The van der Waals surface area contributed by atoms with E-state index < -0.39 is 12.0 Å². The molecule has 1 fully saturated rings. The standard InChI is InChI=1S/C21H32N2O3/c1-14(2)18-10-9-15(3)11-17(18)13-26-21(25)20(23-19(24)12-22)16-7-5-4-6-8-16/h4-8,14-15,17-18,20H,9-13,22H2,1-3H3,(H,23,24)/t15-,17+,18+,20?/m1/s1. The predicted molar refractivity (Wildman–Crippen MR) is 102 cm³/mol. The van der Waals surface area contributed by atoms with Crippen LogP contribution < -0.4 is 11.1 Å². The third-order valence-electron chi connectivity index (χ3n) is 5.46. The Kier molecular flexibility index (Phi) is 7.64. The maximum Gasteiger partial charge on any atom is 0.333 e. The van der Waals surface area contributed by atoms with E-state index in [1.165, 1.54) is 12.8 Å². The van der Waals surface area contributed by atoms with Crippen molar-refractivity contribution in [2.24, 2.45) is 29.4 Å². The van der Waals surface area contributed by atoms with Gasteiger partial charge in [0.1, 0.15) is 0 Å². The smallest absolute Gasteiger partial charge is 0.333 e. The number of hydrogen-bond donors (Lipinski definition) is 2. The monoisotopic (exact) mass is 360 g/mol. The van der Waals surface area contributed by atoms with Gasteiger partial charge in [0, 0.05) is 0 Å². The SMILES string of the molecule is CC(C)[C@@H]1CC[C@@H](C)C[C@H]1COC(=O)C(NC(=O)CN)c1ccccc1. The molecule has 0 aromatic heterocycles. The van der Waals surface area contributed by atoms with Crippen molar-refractivity contribution >= 4 is 11.9 Å². The van der Waals surface area contributed by atoms with Gasteiger partial charge in [-0.25, -0.2) is 4.79 Å². The van der Waals surface area contributed by atoms with E-state index in [9.17, 15) is 9.59 Å². The molecule has 1 amide bonds. The molecule has 5 heteroatoms. The number of ether oxygens (including phenoxy) is 1. The molecule has 0 saturated heterocycles. The summed E-state index contributed by atoms with van der Waals surface area (Å²) in [5, 5.41) is 2.67. The van der Waals surface area contributed by atoms with Gasteiger partial charge in [-0.3, -0.25) is 4.79 Å². The maximum absolute atomic E-state index is 12.7. The van der Waals surface area contributed by atoms with Gasteiger partial charge in [-0.05, 0) is 42.1 Å². The van der Waals surface area contributed by atoms with Crippen LogP contribution in [-0.4, -0.2) is 25.0 Å². The van der Waals surface area contributed by atoms with Gasteiger partial charge in [0.05, 0.1) is 13.2 Å². The fourth-order valence-corrected chi connectivity index (χ4v) is 4.01. The summed E-state index contributed by atoms with van der Waals surface area (Å²) in [6.45, 7) is 6.99. The molecule has 1 saturated carbocycles. The Morgan fingerprint density at radius 1 is 1.23 bits per heavy atom. The van der Waals surface area contributed by atoms with Crippen LogP contribution in [0.5, 0.6) is 0 Å². The van der Waals surface area contributed by atoms with Crippen LogP contribution in [0.4, 0.5) is 0 Å². The highest BCUT2D eigenvalue weighted by atomic mass is 16.5. The minimum atomic E-state index is -0.814. The molecule has 1 aliphatic rings. The van der Waals surface area contributed by atoms with Gasteiger partial charge in [-0.1, -0.05) is 57.5 Å². The van der Waals surface area contributed by atoms with Crippen molar-refractivity contribution < 1.29 is 14.3 Å². The third-order valence-corrected chi connectivity index (χ3v) is 5.46. The van der Waals surface area contributed by atoms with Crippen LogP contribution in [0.15, 0.2) is 30.3 Å². The Morgan fingerprint density at radius 3 is 2.54 bits per heavy atom. The molecule has 0 radical (unpaired) electrons. The van der Waals surface area contributed by atoms with Crippen LogP contribution in [-0.2, 0) is 14.3 Å². The van der Waals surface area contributed by atoms with Gasteiger partial charge in [0.15, 0.2) is 6.04 Å². The number of nitrogens with two attached hydrogens (primary N) is 1. The van der Waals surface area contributed by atoms with Crippen LogP contribution in [0.25, 0.3) is 0 Å². The molecule has 0 bridgehead atoms. The average Bonchev–Trinajstić information content (AvgIpc) is 2.64. The molecule has 4 atom stereocenters. The van der Waals surface area contributed by atoms with Crippen molar-refractivity contribution in [3.8, 4) is 0 Å². The van der Waals surface area contributed by atoms with Crippen molar-refractivity contribution in [2.75, 3.05) is 13.2 Å². The van der Waals surface area contributed by atoms with Crippen LogP contribution in [0, 0.1) is 23.7 Å². The Bertz CT molecular complexity index is 588. The molecule has 0 aliphatic heterocycles. The number of carbonyl (C=O) groups is 2. The van der Waals surface area contributed by atoms with Crippen molar-refractivity contribution in [2.45, 2.75) is 46.1 Å². The summed E-state index contributed by atoms with van der Waals surface area (Å²) in [6, 6.07) is 8.34. The lowest BCUT2D eigenvalue weighted by molar-refractivity contribution is -0.150. The van der Waals surface area contributed by atoms with Crippen molar-refractivity contribution in [3.05, 3.63) is 35.9 Å². The summed E-state index contributed by atoms with van der Waals surface area (Å²) in [5.74, 6) is 1.40. The van der Waals surface area contributed by atoms with E-state index in [1.807, 2.05) is 30.3 Å².